The van der Waals surface area contributed by atoms with E-state index < -0.39 is 9.05 Å². The van der Waals surface area contributed by atoms with Crippen molar-refractivity contribution < 1.29 is 18.0 Å². The summed E-state index contributed by atoms with van der Waals surface area (Å²) in [5.74, 6) is -0.783. The van der Waals surface area contributed by atoms with E-state index in [2.05, 4.69) is 0 Å². The topological polar surface area (TPSA) is 74.8 Å². The van der Waals surface area contributed by atoms with Gasteiger partial charge in [-0.1, -0.05) is 0 Å². The maximum absolute atomic E-state index is 12.0. The van der Waals surface area contributed by atoms with Gasteiger partial charge in [0.05, 0.1) is 5.75 Å². The predicted molar refractivity (Wildman–Crippen MR) is 84.6 cm³/mol. The fraction of sp³-hybridized carbons (Fsp3) is 0.429. The highest BCUT2D eigenvalue weighted by Gasteiger charge is 2.33. The lowest BCUT2D eigenvalue weighted by atomic mass is 10.1. The molecule has 2 amide bonds. The van der Waals surface area contributed by atoms with Crippen LogP contribution in [0.25, 0.3) is 0 Å². The van der Waals surface area contributed by atoms with E-state index in [0.717, 1.165) is 0 Å². The molecule has 1 aromatic rings. The third-order valence-electron chi connectivity index (χ3n) is 3.47. The first-order valence-corrected chi connectivity index (χ1v) is 9.19. The van der Waals surface area contributed by atoms with Crippen LogP contribution in [0.1, 0.15) is 16.8 Å². The summed E-state index contributed by atoms with van der Waals surface area (Å²) in [6.07, 6.45) is 0.157. The van der Waals surface area contributed by atoms with Gasteiger partial charge < -0.3 is 9.80 Å². The molecule has 0 spiro atoms. The molecule has 120 valence electrons. The zero-order chi connectivity index (χ0) is 16.5. The summed E-state index contributed by atoms with van der Waals surface area (Å²) in [4.78, 5) is 26.8. The van der Waals surface area contributed by atoms with Gasteiger partial charge in [-0.3, -0.25) is 9.59 Å². The van der Waals surface area contributed by atoms with Crippen LogP contribution >= 0.6 is 10.7 Å². The third kappa shape index (κ3) is 3.98. The number of nitrogens with zero attached hydrogens (tertiary/aromatic N) is 2. The molecule has 0 N–H and O–H groups in total. The normalized spacial score (nSPS) is 18.6. The molecule has 1 atom stereocenters. The standard InChI is InChI=1S/C14H17ClN2O4S/c1-16(2)14(19)11-3-5-12(6-4-11)17-8-10(7-13(17)18)9-22(15,20)21/h3-6,10H,7-9H2,1-2H3. The van der Waals surface area contributed by atoms with Crippen molar-refractivity contribution in [2.45, 2.75) is 6.42 Å². The van der Waals surface area contributed by atoms with E-state index in [1.165, 1.54) is 9.80 Å². The second-order valence-electron chi connectivity index (χ2n) is 5.53. The second kappa shape index (κ2) is 6.26. The number of halogens is 1. The highest BCUT2D eigenvalue weighted by Crippen LogP contribution is 2.27. The molecule has 1 heterocycles. The van der Waals surface area contributed by atoms with Crippen LogP contribution in [0.4, 0.5) is 5.69 Å². The van der Waals surface area contributed by atoms with Gasteiger partial charge in [-0.2, -0.15) is 0 Å². The lowest BCUT2D eigenvalue weighted by Gasteiger charge is -2.17. The van der Waals surface area contributed by atoms with Gasteiger partial charge in [0.2, 0.25) is 15.0 Å². The number of anilines is 1. The van der Waals surface area contributed by atoms with Crippen molar-refractivity contribution in [3.63, 3.8) is 0 Å². The maximum Gasteiger partial charge on any atom is 0.253 e. The van der Waals surface area contributed by atoms with E-state index in [4.69, 9.17) is 10.7 Å². The Morgan fingerprint density at radius 1 is 1.32 bits per heavy atom. The van der Waals surface area contributed by atoms with E-state index in [-0.39, 0.29) is 29.9 Å². The number of benzene rings is 1. The lowest BCUT2D eigenvalue weighted by Crippen LogP contribution is -2.25. The van der Waals surface area contributed by atoms with Gasteiger partial charge >= 0.3 is 0 Å². The fourth-order valence-electron chi connectivity index (χ4n) is 2.47. The Kier molecular flexibility index (Phi) is 4.77. The zero-order valence-electron chi connectivity index (χ0n) is 12.3. The largest absolute Gasteiger partial charge is 0.345 e. The highest BCUT2D eigenvalue weighted by molar-refractivity contribution is 8.13. The van der Waals surface area contributed by atoms with Crippen LogP contribution in [0.3, 0.4) is 0 Å². The third-order valence-corrected chi connectivity index (χ3v) is 4.72. The van der Waals surface area contributed by atoms with Crippen LogP contribution in [-0.4, -0.2) is 51.5 Å². The van der Waals surface area contributed by atoms with Crippen molar-refractivity contribution >= 4 is 37.2 Å². The van der Waals surface area contributed by atoms with Gasteiger partial charge in [0, 0.05) is 54.9 Å². The SMILES string of the molecule is CN(C)C(=O)c1ccc(N2CC(CS(=O)(=O)Cl)CC2=O)cc1. The Balaban J connectivity index is 2.12. The molecule has 1 unspecified atom stereocenters. The molecule has 0 aliphatic carbocycles. The smallest absolute Gasteiger partial charge is 0.253 e. The Morgan fingerprint density at radius 3 is 2.41 bits per heavy atom. The van der Waals surface area contributed by atoms with Crippen molar-refractivity contribution in [1.82, 2.24) is 4.90 Å². The Morgan fingerprint density at radius 2 is 1.91 bits per heavy atom. The summed E-state index contributed by atoms with van der Waals surface area (Å²) >= 11 is 0. The molecule has 22 heavy (non-hydrogen) atoms. The molecule has 0 aromatic heterocycles. The molecule has 0 radical (unpaired) electrons. The molecule has 1 saturated heterocycles. The van der Waals surface area contributed by atoms with E-state index >= 15 is 0 Å². The van der Waals surface area contributed by atoms with Gasteiger partial charge in [-0.15, -0.1) is 0 Å². The van der Waals surface area contributed by atoms with Crippen molar-refractivity contribution in [3.8, 4) is 0 Å². The molecule has 1 aromatic carbocycles. The molecule has 1 aliphatic heterocycles. The lowest BCUT2D eigenvalue weighted by molar-refractivity contribution is -0.117. The molecule has 8 heteroatoms. The second-order valence-corrected chi connectivity index (χ2v) is 8.35. The summed E-state index contributed by atoms with van der Waals surface area (Å²) in [5.41, 5.74) is 1.18. The zero-order valence-corrected chi connectivity index (χ0v) is 13.9. The van der Waals surface area contributed by atoms with Gasteiger partial charge in [-0.25, -0.2) is 8.42 Å². The van der Waals surface area contributed by atoms with Crippen LogP contribution in [0, 0.1) is 5.92 Å². The van der Waals surface area contributed by atoms with Crippen molar-refractivity contribution in [2.75, 3.05) is 31.3 Å². The number of amides is 2. The molecular formula is C14H17ClN2O4S. The van der Waals surface area contributed by atoms with E-state index in [9.17, 15) is 18.0 Å². The molecule has 1 fully saturated rings. The first-order chi connectivity index (χ1) is 10.2. The molecule has 0 saturated carbocycles. The van der Waals surface area contributed by atoms with Gasteiger partial charge in [-0.05, 0) is 24.3 Å². The summed E-state index contributed by atoms with van der Waals surface area (Å²) in [5, 5.41) is 0. The van der Waals surface area contributed by atoms with Crippen LogP contribution in [0.15, 0.2) is 24.3 Å². The quantitative estimate of drug-likeness (QED) is 0.772. The molecule has 2 rings (SSSR count). The van der Waals surface area contributed by atoms with E-state index in [1.54, 1.807) is 38.4 Å². The van der Waals surface area contributed by atoms with Gasteiger partial charge in [0.15, 0.2) is 0 Å². The van der Waals surface area contributed by atoms with E-state index in [0.29, 0.717) is 17.8 Å². The minimum absolute atomic E-state index is 0.120. The summed E-state index contributed by atoms with van der Waals surface area (Å²) in [6.45, 7) is 0.311. The Labute approximate surface area is 134 Å². The maximum atomic E-state index is 12.0. The minimum atomic E-state index is -3.62. The Hall–Kier alpha value is -1.60. The van der Waals surface area contributed by atoms with Crippen LogP contribution in [0.2, 0.25) is 0 Å². The number of carbonyl (C=O) groups excluding carboxylic acids is 2. The number of carbonyl (C=O) groups is 2. The van der Waals surface area contributed by atoms with Crippen LogP contribution in [0.5, 0.6) is 0 Å². The number of rotatable bonds is 4. The molecule has 0 bridgehead atoms. The number of hydrogen-bond donors (Lipinski definition) is 0. The number of hydrogen-bond acceptors (Lipinski definition) is 4. The van der Waals surface area contributed by atoms with Crippen LogP contribution in [-0.2, 0) is 13.8 Å². The predicted octanol–water partition coefficient (Wildman–Crippen LogP) is 1.31. The molecular weight excluding hydrogens is 328 g/mol. The van der Waals surface area contributed by atoms with E-state index in [1.807, 2.05) is 0 Å². The first kappa shape index (κ1) is 16.8. The average Bonchev–Trinajstić information content (AvgIpc) is 2.76. The fourth-order valence-corrected chi connectivity index (χ4v) is 3.79. The minimum Gasteiger partial charge on any atom is -0.345 e. The summed E-state index contributed by atoms with van der Waals surface area (Å²) < 4.78 is 22.2. The van der Waals surface area contributed by atoms with Gasteiger partial charge in [0.1, 0.15) is 0 Å². The van der Waals surface area contributed by atoms with Crippen molar-refractivity contribution in [2.24, 2.45) is 5.92 Å². The highest BCUT2D eigenvalue weighted by atomic mass is 35.7. The van der Waals surface area contributed by atoms with Crippen molar-refractivity contribution in [3.05, 3.63) is 29.8 Å². The van der Waals surface area contributed by atoms with Crippen LogP contribution < -0.4 is 4.90 Å². The van der Waals surface area contributed by atoms with Gasteiger partial charge in [0.25, 0.3) is 5.91 Å². The average molecular weight is 345 g/mol. The van der Waals surface area contributed by atoms with Crippen molar-refractivity contribution in [1.29, 1.82) is 0 Å². The monoisotopic (exact) mass is 344 g/mol. The first-order valence-electron chi connectivity index (χ1n) is 6.72. The molecule has 6 nitrogen and oxygen atoms in total. The molecule has 1 aliphatic rings. The summed E-state index contributed by atoms with van der Waals surface area (Å²) in [7, 11) is 4.95. The Bertz CT molecular complexity index is 685. The summed E-state index contributed by atoms with van der Waals surface area (Å²) in [6, 6.07) is 6.67.